The van der Waals surface area contributed by atoms with E-state index in [1.807, 2.05) is 11.8 Å². The number of carbonyl (C=O) groups excluding carboxylic acids is 1. The third kappa shape index (κ3) is 4.29. The van der Waals surface area contributed by atoms with Crippen molar-refractivity contribution in [3.05, 3.63) is 52.1 Å². The Morgan fingerprint density at radius 1 is 1.38 bits per heavy atom. The van der Waals surface area contributed by atoms with E-state index in [1.165, 1.54) is 0 Å². The lowest BCUT2D eigenvalue weighted by molar-refractivity contribution is 0.0657. The molecule has 138 valence electrons. The summed E-state index contributed by atoms with van der Waals surface area (Å²) < 4.78 is 5.81. The second-order valence-electron chi connectivity index (χ2n) is 6.55. The smallest absolute Gasteiger partial charge is 0.259 e. The fraction of sp³-hybridized carbons (Fsp3) is 0.368. The Labute approximate surface area is 163 Å². The van der Waals surface area contributed by atoms with Gasteiger partial charge < -0.3 is 15.4 Å². The maximum absolute atomic E-state index is 13.0. The molecule has 5 nitrogen and oxygen atoms in total. The van der Waals surface area contributed by atoms with E-state index in [1.54, 1.807) is 36.5 Å². The summed E-state index contributed by atoms with van der Waals surface area (Å²) in [6.07, 6.45) is 3.56. The highest BCUT2D eigenvalue weighted by atomic mass is 35.5. The largest absolute Gasteiger partial charge is 0.437 e. The Balaban J connectivity index is 1.83. The lowest BCUT2D eigenvalue weighted by Gasteiger charge is -2.34. The van der Waals surface area contributed by atoms with Gasteiger partial charge in [0, 0.05) is 30.4 Å². The first-order chi connectivity index (χ1) is 12.5. The van der Waals surface area contributed by atoms with E-state index in [-0.39, 0.29) is 17.8 Å². The maximum atomic E-state index is 13.0. The zero-order valence-corrected chi connectivity index (χ0v) is 16.0. The third-order valence-electron chi connectivity index (χ3n) is 4.59. The molecule has 0 spiro atoms. The topological polar surface area (TPSA) is 68.5 Å². The van der Waals surface area contributed by atoms with Gasteiger partial charge in [-0.15, -0.1) is 0 Å². The lowest BCUT2D eigenvalue weighted by atomic mass is 9.92. The van der Waals surface area contributed by atoms with Gasteiger partial charge in [-0.05, 0) is 56.0 Å². The number of nitrogens with two attached hydrogens (primary N) is 1. The maximum Gasteiger partial charge on any atom is 0.259 e. The first-order valence-electron chi connectivity index (χ1n) is 8.58. The molecule has 0 aliphatic carbocycles. The number of aromatic nitrogens is 1. The van der Waals surface area contributed by atoms with Gasteiger partial charge in [-0.1, -0.05) is 23.2 Å². The van der Waals surface area contributed by atoms with Gasteiger partial charge in [0.15, 0.2) is 0 Å². The van der Waals surface area contributed by atoms with Crippen LogP contribution in [0.3, 0.4) is 0 Å². The Kier molecular flexibility index (Phi) is 6.01. The monoisotopic (exact) mass is 393 g/mol. The van der Waals surface area contributed by atoms with Crippen molar-refractivity contribution in [2.45, 2.75) is 25.8 Å². The van der Waals surface area contributed by atoms with Crippen LogP contribution in [0.4, 0.5) is 0 Å². The number of carbonyl (C=O) groups is 1. The lowest BCUT2D eigenvalue weighted by Crippen LogP contribution is -2.45. The van der Waals surface area contributed by atoms with E-state index < -0.39 is 0 Å². The van der Waals surface area contributed by atoms with Crippen molar-refractivity contribution in [3.8, 4) is 11.6 Å². The molecule has 1 aromatic carbocycles. The van der Waals surface area contributed by atoms with Crippen molar-refractivity contribution < 1.29 is 9.53 Å². The number of benzene rings is 1. The summed E-state index contributed by atoms with van der Waals surface area (Å²) >= 11 is 12.1. The highest BCUT2D eigenvalue weighted by Crippen LogP contribution is 2.32. The number of pyridine rings is 1. The highest BCUT2D eigenvalue weighted by Gasteiger charge is 2.28. The summed E-state index contributed by atoms with van der Waals surface area (Å²) in [6.45, 7) is 3.34. The van der Waals surface area contributed by atoms with Crippen molar-refractivity contribution in [1.82, 2.24) is 9.88 Å². The van der Waals surface area contributed by atoms with Gasteiger partial charge >= 0.3 is 0 Å². The molecule has 2 heterocycles. The summed E-state index contributed by atoms with van der Waals surface area (Å²) in [5.74, 6) is 0.823. The second kappa shape index (κ2) is 8.25. The summed E-state index contributed by atoms with van der Waals surface area (Å²) in [4.78, 5) is 19.1. The van der Waals surface area contributed by atoms with Gasteiger partial charge in [-0.3, -0.25) is 4.79 Å². The molecule has 0 unspecified atom stereocenters. The molecule has 1 aliphatic rings. The predicted molar refractivity (Wildman–Crippen MR) is 103 cm³/mol. The van der Waals surface area contributed by atoms with E-state index in [2.05, 4.69) is 4.98 Å². The Morgan fingerprint density at radius 2 is 2.19 bits per heavy atom. The minimum atomic E-state index is -0.108. The van der Waals surface area contributed by atoms with Gasteiger partial charge in [0.25, 0.3) is 5.91 Å². The van der Waals surface area contributed by atoms with Crippen LogP contribution in [0, 0.1) is 5.92 Å². The van der Waals surface area contributed by atoms with Crippen molar-refractivity contribution >= 4 is 29.1 Å². The zero-order chi connectivity index (χ0) is 18.7. The number of nitrogens with zero attached hydrogens (tertiary/aromatic N) is 2. The fourth-order valence-corrected chi connectivity index (χ4v) is 3.54. The molecule has 3 rings (SSSR count). The Morgan fingerprint density at radius 3 is 2.92 bits per heavy atom. The molecule has 2 aromatic rings. The fourth-order valence-electron chi connectivity index (χ4n) is 3.09. The first-order valence-corrected chi connectivity index (χ1v) is 9.34. The van der Waals surface area contributed by atoms with Gasteiger partial charge in [-0.2, -0.15) is 0 Å². The number of likely N-dealkylation sites (tertiary alicyclic amines) is 1. The molecule has 0 saturated carbocycles. The molecule has 1 fully saturated rings. The highest BCUT2D eigenvalue weighted by molar-refractivity contribution is 6.35. The van der Waals surface area contributed by atoms with Crippen LogP contribution < -0.4 is 10.5 Å². The molecule has 26 heavy (non-hydrogen) atoms. The molecular weight excluding hydrogens is 373 g/mol. The molecule has 0 radical (unpaired) electrons. The Hall–Kier alpha value is -1.82. The minimum absolute atomic E-state index is 0.0584. The van der Waals surface area contributed by atoms with Crippen molar-refractivity contribution in [2.24, 2.45) is 11.7 Å². The number of ether oxygens (including phenoxy) is 1. The average Bonchev–Trinajstić information content (AvgIpc) is 2.64. The SMILES string of the molecule is C[C@H](N)[C@H]1CCCN(C(=O)c2cccnc2Oc2ccc(Cl)cc2Cl)C1. The van der Waals surface area contributed by atoms with Gasteiger partial charge in [-0.25, -0.2) is 4.98 Å². The van der Waals surface area contributed by atoms with Crippen LogP contribution in [0.25, 0.3) is 0 Å². The van der Waals surface area contributed by atoms with Crippen LogP contribution in [-0.4, -0.2) is 34.9 Å². The van der Waals surface area contributed by atoms with Crippen LogP contribution in [0.1, 0.15) is 30.1 Å². The summed E-state index contributed by atoms with van der Waals surface area (Å²) in [5.41, 5.74) is 6.43. The number of piperidine rings is 1. The molecule has 1 saturated heterocycles. The summed E-state index contributed by atoms with van der Waals surface area (Å²) in [5, 5.41) is 0.867. The van der Waals surface area contributed by atoms with E-state index in [0.29, 0.717) is 40.4 Å². The standard InChI is InChI=1S/C19H21Cl2N3O2/c1-12(22)13-4-3-9-24(11-13)19(25)15-5-2-8-23-18(15)26-17-7-6-14(20)10-16(17)21/h2,5-8,10,12-13H,3-4,9,11,22H2,1H3/t12-,13-/m0/s1. The van der Waals surface area contributed by atoms with Crippen molar-refractivity contribution in [2.75, 3.05) is 13.1 Å². The molecule has 1 amide bonds. The number of halogens is 2. The molecule has 2 N–H and O–H groups in total. The minimum Gasteiger partial charge on any atom is -0.437 e. The first kappa shape index (κ1) is 19.0. The van der Waals surface area contributed by atoms with Crippen LogP contribution in [0.15, 0.2) is 36.5 Å². The molecule has 0 bridgehead atoms. The van der Waals surface area contributed by atoms with Crippen molar-refractivity contribution in [1.29, 1.82) is 0 Å². The van der Waals surface area contributed by atoms with Gasteiger partial charge in [0.1, 0.15) is 11.3 Å². The zero-order valence-electron chi connectivity index (χ0n) is 14.5. The van der Waals surface area contributed by atoms with Gasteiger partial charge in [0.2, 0.25) is 5.88 Å². The van der Waals surface area contributed by atoms with E-state index in [0.717, 1.165) is 12.8 Å². The van der Waals surface area contributed by atoms with Crippen LogP contribution in [0.2, 0.25) is 10.0 Å². The molecule has 7 heteroatoms. The van der Waals surface area contributed by atoms with Crippen LogP contribution in [0.5, 0.6) is 11.6 Å². The number of amides is 1. The average molecular weight is 394 g/mol. The molecular formula is C19H21Cl2N3O2. The molecule has 1 aliphatic heterocycles. The molecule has 2 atom stereocenters. The normalized spacial score (nSPS) is 18.5. The van der Waals surface area contributed by atoms with Crippen LogP contribution >= 0.6 is 23.2 Å². The van der Waals surface area contributed by atoms with Gasteiger partial charge in [0.05, 0.1) is 5.02 Å². The van der Waals surface area contributed by atoms with E-state index in [9.17, 15) is 4.79 Å². The second-order valence-corrected chi connectivity index (χ2v) is 7.39. The summed E-state index contributed by atoms with van der Waals surface area (Å²) in [6, 6.07) is 8.40. The quantitative estimate of drug-likeness (QED) is 0.836. The number of hydrogen-bond acceptors (Lipinski definition) is 4. The third-order valence-corrected chi connectivity index (χ3v) is 5.12. The number of rotatable bonds is 4. The van der Waals surface area contributed by atoms with E-state index >= 15 is 0 Å². The van der Waals surface area contributed by atoms with Crippen molar-refractivity contribution in [3.63, 3.8) is 0 Å². The van der Waals surface area contributed by atoms with Crippen LogP contribution in [-0.2, 0) is 0 Å². The predicted octanol–water partition coefficient (Wildman–Crippen LogP) is 4.38. The Bertz CT molecular complexity index is 798. The molecule has 1 aromatic heterocycles. The number of hydrogen-bond donors (Lipinski definition) is 1. The summed E-state index contributed by atoms with van der Waals surface area (Å²) in [7, 11) is 0. The van der Waals surface area contributed by atoms with E-state index in [4.69, 9.17) is 33.7 Å².